The van der Waals surface area contributed by atoms with Gasteiger partial charge in [-0.3, -0.25) is 14.5 Å². The molecule has 3 atom stereocenters. The van der Waals surface area contributed by atoms with Gasteiger partial charge >= 0.3 is 6.03 Å². The Morgan fingerprint density at radius 2 is 2.29 bits per heavy atom. The van der Waals surface area contributed by atoms with Crippen molar-refractivity contribution >= 4 is 17.8 Å². The molecule has 0 bridgehead atoms. The molecular formula is C17H23N3O4. The van der Waals surface area contributed by atoms with Crippen molar-refractivity contribution in [1.29, 1.82) is 0 Å². The van der Waals surface area contributed by atoms with Crippen molar-refractivity contribution in [3.8, 4) is 0 Å². The second-order valence-electron chi connectivity index (χ2n) is 6.74. The Hall–Kier alpha value is -2.31. The first-order valence-electron chi connectivity index (χ1n) is 8.41. The van der Waals surface area contributed by atoms with Crippen LogP contribution in [0.1, 0.15) is 51.3 Å². The van der Waals surface area contributed by atoms with Gasteiger partial charge in [0.05, 0.1) is 12.3 Å². The molecule has 2 heterocycles. The zero-order valence-corrected chi connectivity index (χ0v) is 14.0. The van der Waals surface area contributed by atoms with Crippen molar-refractivity contribution in [1.82, 2.24) is 15.5 Å². The van der Waals surface area contributed by atoms with Gasteiger partial charge in [-0.15, -0.1) is 0 Å². The lowest BCUT2D eigenvalue weighted by molar-refractivity contribution is -0.137. The van der Waals surface area contributed by atoms with E-state index in [-0.39, 0.29) is 30.3 Å². The van der Waals surface area contributed by atoms with Gasteiger partial charge in [0.2, 0.25) is 5.91 Å². The van der Waals surface area contributed by atoms with E-state index in [0.717, 1.165) is 24.2 Å². The molecule has 4 amide bonds. The first-order valence-corrected chi connectivity index (χ1v) is 8.41. The molecule has 0 aromatic carbocycles. The van der Waals surface area contributed by atoms with Gasteiger partial charge in [-0.1, -0.05) is 19.8 Å². The number of nitrogens with zero attached hydrogens (tertiary/aromatic N) is 1. The van der Waals surface area contributed by atoms with E-state index in [9.17, 15) is 14.4 Å². The molecule has 7 heteroatoms. The molecule has 1 aromatic heterocycles. The van der Waals surface area contributed by atoms with Crippen LogP contribution in [0.5, 0.6) is 0 Å². The van der Waals surface area contributed by atoms with Gasteiger partial charge in [0.25, 0.3) is 5.91 Å². The minimum atomic E-state index is -0.831. The lowest BCUT2D eigenvalue weighted by Gasteiger charge is -2.36. The molecular weight excluding hydrogens is 310 g/mol. The monoisotopic (exact) mass is 333 g/mol. The number of carbonyl (C=O) groups excluding carboxylic acids is 3. The Morgan fingerprint density at radius 1 is 1.50 bits per heavy atom. The van der Waals surface area contributed by atoms with Crippen LogP contribution in [0.2, 0.25) is 0 Å². The summed E-state index contributed by atoms with van der Waals surface area (Å²) in [4.78, 5) is 38.3. The van der Waals surface area contributed by atoms with Gasteiger partial charge < -0.3 is 15.1 Å². The normalized spacial score (nSPS) is 28.1. The minimum absolute atomic E-state index is 0.0813. The Morgan fingerprint density at radius 3 is 2.96 bits per heavy atom. The summed E-state index contributed by atoms with van der Waals surface area (Å²) in [5.74, 6) is 0.0409. The highest BCUT2D eigenvalue weighted by molar-refractivity contribution is 6.09. The number of hydrogen-bond donors (Lipinski definition) is 2. The molecule has 1 spiro atoms. The van der Waals surface area contributed by atoms with Gasteiger partial charge in [0.15, 0.2) is 0 Å². The highest BCUT2D eigenvalue weighted by atomic mass is 16.3. The fourth-order valence-corrected chi connectivity index (χ4v) is 3.68. The highest BCUT2D eigenvalue weighted by Gasteiger charge is 2.55. The molecule has 24 heavy (non-hydrogen) atoms. The second kappa shape index (κ2) is 6.30. The van der Waals surface area contributed by atoms with Crippen LogP contribution in [-0.2, 0) is 9.59 Å². The molecule has 1 saturated carbocycles. The number of hydrogen-bond acceptors (Lipinski definition) is 4. The van der Waals surface area contributed by atoms with Gasteiger partial charge in [0.1, 0.15) is 17.8 Å². The van der Waals surface area contributed by atoms with Crippen LogP contribution in [0, 0.1) is 5.92 Å². The van der Waals surface area contributed by atoms with Crippen LogP contribution in [0.3, 0.4) is 0 Å². The SMILES string of the molecule is C[C@H](NC(=O)CN1C(=O)N[C@@]2(CCCC[C@@H]2C)C1=O)c1ccco1. The summed E-state index contributed by atoms with van der Waals surface area (Å²) in [5, 5.41) is 5.59. The molecule has 0 unspecified atom stereocenters. The minimum Gasteiger partial charge on any atom is -0.467 e. The van der Waals surface area contributed by atoms with Crippen LogP contribution >= 0.6 is 0 Å². The smallest absolute Gasteiger partial charge is 0.325 e. The third-order valence-corrected chi connectivity index (χ3v) is 5.15. The van der Waals surface area contributed by atoms with E-state index in [4.69, 9.17) is 4.42 Å². The van der Waals surface area contributed by atoms with Gasteiger partial charge in [0, 0.05) is 0 Å². The number of urea groups is 1. The summed E-state index contributed by atoms with van der Waals surface area (Å²) < 4.78 is 5.24. The zero-order chi connectivity index (χ0) is 17.3. The molecule has 7 nitrogen and oxygen atoms in total. The van der Waals surface area contributed by atoms with E-state index in [1.54, 1.807) is 19.1 Å². The number of furan rings is 1. The summed E-state index contributed by atoms with van der Waals surface area (Å²) in [6.45, 7) is 3.50. The van der Waals surface area contributed by atoms with Crippen molar-refractivity contribution in [2.75, 3.05) is 6.54 Å². The van der Waals surface area contributed by atoms with Crippen molar-refractivity contribution in [3.63, 3.8) is 0 Å². The second-order valence-corrected chi connectivity index (χ2v) is 6.74. The predicted octanol–water partition coefficient (Wildman–Crippen LogP) is 1.96. The maximum Gasteiger partial charge on any atom is 0.325 e. The molecule has 3 rings (SSSR count). The molecule has 1 aromatic rings. The van der Waals surface area contributed by atoms with E-state index in [1.165, 1.54) is 6.26 Å². The largest absolute Gasteiger partial charge is 0.467 e. The van der Waals surface area contributed by atoms with Gasteiger partial charge in [-0.25, -0.2) is 4.79 Å². The van der Waals surface area contributed by atoms with Crippen molar-refractivity contribution < 1.29 is 18.8 Å². The van der Waals surface area contributed by atoms with Gasteiger partial charge in [-0.2, -0.15) is 0 Å². The van der Waals surface area contributed by atoms with Crippen LogP contribution in [0.25, 0.3) is 0 Å². The summed E-state index contributed by atoms with van der Waals surface area (Å²) >= 11 is 0. The Bertz CT molecular complexity index is 642. The van der Waals surface area contributed by atoms with Crippen LogP contribution in [0.4, 0.5) is 4.79 Å². The maximum atomic E-state index is 12.8. The van der Waals surface area contributed by atoms with E-state index >= 15 is 0 Å². The Balaban J connectivity index is 1.65. The number of carbonyl (C=O) groups is 3. The maximum absolute atomic E-state index is 12.8. The van der Waals surface area contributed by atoms with Crippen LogP contribution < -0.4 is 10.6 Å². The molecule has 1 aliphatic heterocycles. The van der Waals surface area contributed by atoms with E-state index < -0.39 is 11.6 Å². The lowest BCUT2D eigenvalue weighted by atomic mass is 9.73. The molecule has 2 fully saturated rings. The Kier molecular flexibility index (Phi) is 4.34. The number of nitrogens with one attached hydrogen (secondary N) is 2. The topological polar surface area (TPSA) is 91.7 Å². The standard InChI is InChI=1S/C17H23N3O4/c1-11-6-3-4-8-17(11)15(22)20(16(23)19-17)10-14(21)18-12(2)13-7-5-9-24-13/h5,7,9,11-12H,3-4,6,8,10H2,1-2H3,(H,18,21)(H,19,23)/t11-,12-,17+/m0/s1. The zero-order valence-electron chi connectivity index (χ0n) is 14.0. The molecule has 1 saturated heterocycles. The molecule has 2 aliphatic rings. The average Bonchev–Trinajstić information content (AvgIpc) is 3.15. The third-order valence-electron chi connectivity index (χ3n) is 5.15. The highest BCUT2D eigenvalue weighted by Crippen LogP contribution is 2.38. The summed E-state index contributed by atoms with van der Waals surface area (Å²) in [6, 6.07) is 2.70. The van der Waals surface area contributed by atoms with E-state index in [0.29, 0.717) is 12.2 Å². The predicted molar refractivity (Wildman–Crippen MR) is 85.9 cm³/mol. The van der Waals surface area contributed by atoms with Crippen molar-refractivity contribution in [2.45, 2.75) is 51.1 Å². The molecule has 0 radical (unpaired) electrons. The summed E-state index contributed by atoms with van der Waals surface area (Å²) in [5.41, 5.74) is -0.831. The number of amides is 4. The van der Waals surface area contributed by atoms with Gasteiger partial charge in [-0.05, 0) is 37.8 Å². The fourth-order valence-electron chi connectivity index (χ4n) is 3.68. The number of rotatable bonds is 4. The van der Waals surface area contributed by atoms with E-state index in [1.807, 2.05) is 6.92 Å². The van der Waals surface area contributed by atoms with Crippen LogP contribution in [-0.4, -0.2) is 34.8 Å². The first kappa shape index (κ1) is 16.5. The molecule has 1 aliphatic carbocycles. The third kappa shape index (κ3) is 2.79. The average molecular weight is 333 g/mol. The Labute approximate surface area is 140 Å². The lowest BCUT2D eigenvalue weighted by Crippen LogP contribution is -2.54. The quantitative estimate of drug-likeness (QED) is 0.824. The van der Waals surface area contributed by atoms with Crippen molar-refractivity contribution in [3.05, 3.63) is 24.2 Å². The van der Waals surface area contributed by atoms with E-state index in [2.05, 4.69) is 10.6 Å². The molecule has 130 valence electrons. The summed E-state index contributed by atoms with van der Waals surface area (Å²) in [7, 11) is 0. The van der Waals surface area contributed by atoms with Crippen LogP contribution in [0.15, 0.2) is 22.8 Å². The number of imide groups is 1. The van der Waals surface area contributed by atoms with Crippen molar-refractivity contribution in [2.24, 2.45) is 5.92 Å². The fraction of sp³-hybridized carbons (Fsp3) is 0.588. The first-order chi connectivity index (χ1) is 11.4. The molecule has 2 N–H and O–H groups in total. The summed E-state index contributed by atoms with van der Waals surface area (Å²) in [6.07, 6.45) is 5.05.